The van der Waals surface area contributed by atoms with Crippen LogP contribution < -0.4 is 10.1 Å². The standard InChI is InChI=1S/C11H19N3O.2C2H6/c1-12-11-9-10(5-6-13-11)15-8-4-7-14(2)3;2*1-2/h5-6,9H,4,7-8H2,1-3H3,(H,12,13);2*1-2H3. The van der Waals surface area contributed by atoms with Gasteiger partial charge >= 0.3 is 0 Å². The molecule has 0 fully saturated rings. The van der Waals surface area contributed by atoms with E-state index in [9.17, 15) is 0 Å². The monoisotopic (exact) mass is 269 g/mol. The largest absolute Gasteiger partial charge is 0.493 e. The van der Waals surface area contributed by atoms with E-state index in [1.54, 1.807) is 6.20 Å². The lowest BCUT2D eigenvalue weighted by Gasteiger charge is -2.10. The van der Waals surface area contributed by atoms with E-state index in [0.29, 0.717) is 0 Å². The van der Waals surface area contributed by atoms with Gasteiger partial charge in [-0.2, -0.15) is 0 Å². The highest BCUT2D eigenvalue weighted by molar-refractivity contribution is 5.39. The zero-order valence-corrected chi connectivity index (χ0v) is 13.7. The van der Waals surface area contributed by atoms with Gasteiger partial charge in [0, 0.05) is 25.9 Å². The summed E-state index contributed by atoms with van der Waals surface area (Å²) in [6.07, 6.45) is 2.78. The minimum Gasteiger partial charge on any atom is -0.493 e. The maximum absolute atomic E-state index is 5.59. The van der Waals surface area contributed by atoms with Crippen LogP contribution in [0.2, 0.25) is 0 Å². The topological polar surface area (TPSA) is 37.4 Å². The molecule has 0 atom stereocenters. The molecule has 1 N–H and O–H groups in total. The van der Waals surface area contributed by atoms with Crippen molar-refractivity contribution >= 4 is 5.82 Å². The van der Waals surface area contributed by atoms with Crippen molar-refractivity contribution in [1.29, 1.82) is 0 Å². The van der Waals surface area contributed by atoms with E-state index < -0.39 is 0 Å². The summed E-state index contributed by atoms with van der Waals surface area (Å²) in [5.41, 5.74) is 0. The van der Waals surface area contributed by atoms with Crippen LogP contribution in [0.1, 0.15) is 34.1 Å². The van der Waals surface area contributed by atoms with E-state index in [2.05, 4.69) is 29.3 Å². The zero-order chi connectivity index (χ0) is 15.1. The average molecular weight is 269 g/mol. The van der Waals surface area contributed by atoms with E-state index in [4.69, 9.17) is 4.74 Å². The van der Waals surface area contributed by atoms with Gasteiger partial charge in [-0.15, -0.1) is 0 Å². The first-order valence-electron chi connectivity index (χ1n) is 7.13. The maximum Gasteiger partial charge on any atom is 0.129 e. The Morgan fingerprint density at radius 1 is 1.21 bits per heavy atom. The van der Waals surface area contributed by atoms with Gasteiger partial charge in [0.15, 0.2) is 0 Å². The number of hydrogen-bond acceptors (Lipinski definition) is 4. The zero-order valence-electron chi connectivity index (χ0n) is 13.7. The molecule has 0 radical (unpaired) electrons. The number of ether oxygens (including phenoxy) is 1. The van der Waals surface area contributed by atoms with Crippen molar-refractivity contribution in [3.05, 3.63) is 18.3 Å². The van der Waals surface area contributed by atoms with Gasteiger partial charge in [0.25, 0.3) is 0 Å². The molecule has 19 heavy (non-hydrogen) atoms. The molecule has 0 aliphatic carbocycles. The van der Waals surface area contributed by atoms with Crippen LogP contribution in [-0.2, 0) is 0 Å². The molecule has 1 aromatic heterocycles. The third-order valence-electron chi connectivity index (χ3n) is 2.01. The molecule has 0 aliphatic rings. The molecule has 1 heterocycles. The van der Waals surface area contributed by atoms with Gasteiger partial charge in [-0.25, -0.2) is 4.98 Å². The third kappa shape index (κ3) is 11.5. The number of nitrogens with zero attached hydrogens (tertiary/aromatic N) is 2. The summed E-state index contributed by atoms with van der Waals surface area (Å²) in [5, 5.41) is 2.98. The lowest BCUT2D eigenvalue weighted by molar-refractivity contribution is 0.281. The summed E-state index contributed by atoms with van der Waals surface area (Å²) in [6, 6.07) is 3.77. The molecule has 0 aromatic carbocycles. The number of hydrogen-bond donors (Lipinski definition) is 1. The molecule has 0 saturated carbocycles. The van der Waals surface area contributed by atoms with Crippen LogP contribution in [0.25, 0.3) is 0 Å². The molecule has 112 valence electrons. The molecule has 1 aromatic rings. The number of aromatic nitrogens is 1. The second-order valence-corrected chi connectivity index (χ2v) is 3.63. The minimum atomic E-state index is 0.741. The molecule has 0 bridgehead atoms. The van der Waals surface area contributed by atoms with Crippen molar-refractivity contribution in [2.75, 3.05) is 39.6 Å². The fourth-order valence-electron chi connectivity index (χ4n) is 1.21. The van der Waals surface area contributed by atoms with Crippen molar-refractivity contribution in [2.45, 2.75) is 34.1 Å². The summed E-state index contributed by atoms with van der Waals surface area (Å²) in [5.74, 6) is 1.70. The van der Waals surface area contributed by atoms with Crippen LogP contribution in [0.4, 0.5) is 5.82 Å². The van der Waals surface area contributed by atoms with Gasteiger partial charge in [-0.3, -0.25) is 0 Å². The van der Waals surface area contributed by atoms with Gasteiger partial charge in [-0.1, -0.05) is 27.7 Å². The highest BCUT2D eigenvalue weighted by Gasteiger charge is 1.96. The van der Waals surface area contributed by atoms with E-state index >= 15 is 0 Å². The Labute approximate surface area is 119 Å². The summed E-state index contributed by atoms with van der Waals surface area (Å²) < 4.78 is 5.59. The van der Waals surface area contributed by atoms with Crippen molar-refractivity contribution in [3.63, 3.8) is 0 Å². The second-order valence-electron chi connectivity index (χ2n) is 3.63. The van der Waals surface area contributed by atoms with E-state index in [1.807, 2.05) is 46.9 Å². The molecule has 0 aliphatic heterocycles. The van der Waals surface area contributed by atoms with Crippen LogP contribution in [0.5, 0.6) is 5.75 Å². The maximum atomic E-state index is 5.59. The molecule has 0 amide bonds. The number of pyridine rings is 1. The van der Waals surface area contributed by atoms with E-state index in [-0.39, 0.29) is 0 Å². The van der Waals surface area contributed by atoms with Crippen molar-refractivity contribution in [1.82, 2.24) is 9.88 Å². The lowest BCUT2D eigenvalue weighted by atomic mass is 10.4. The number of rotatable bonds is 6. The molecular weight excluding hydrogens is 238 g/mol. The average Bonchev–Trinajstić information content (AvgIpc) is 2.48. The first-order valence-corrected chi connectivity index (χ1v) is 7.13. The predicted molar refractivity (Wildman–Crippen MR) is 85.1 cm³/mol. The molecule has 0 saturated heterocycles. The van der Waals surface area contributed by atoms with Gasteiger partial charge < -0.3 is 15.0 Å². The molecule has 0 spiro atoms. The summed E-state index contributed by atoms with van der Waals surface area (Å²) in [7, 11) is 5.97. The third-order valence-corrected chi connectivity index (χ3v) is 2.01. The van der Waals surface area contributed by atoms with Crippen LogP contribution in [0.3, 0.4) is 0 Å². The van der Waals surface area contributed by atoms with Crippen molar-refractivity contribution in [3.8, 4) is 5.75 Å². The minimum absolute atomic E-state index is 0.741. The van der Waals surface area contributed by atoms with E-state index in [0.717, 1.165) is 31.1 Å². The number of nitrogens with one attached hydrogen (secondary N) is 1. The lowest BCUT2D eigenvalue weighted by Crippen LogP contribution is -2.15. The Hall–Kier alpha value is -1.29. The normalized spacial score (nSPS) is 8.84. The Morgan fingerprint density at radius 2 is 1.84 bits per heavy atom. The first kappa shape index (κ1) is 20.0. The summed E-state index contributed by atoms with van der Waals surface area (Å²) in [6.45, 7) is 9.79. The van der Waals surface area contributed by atoms with Crippen LogP contribution in [0.15, 0.2) is 18.3 Å². The molecule has 4 nitrogen and oxygen atoms in total. The molecule has 1 rings (SSSR count). The van der Waals surface area contributed by atoms with Gasteiger partial charge in [-0.05, 0) is 26.6 Å². The molecule has 4 heteroatoms. The second kappa shape index (κ2) is 14.8. The highest BCUT2D eigenvalue weighted by Crippen LogP contribution is 2.13. The van der Waals surface area contributed by atoms with E-state index in [1.165, 1.54) is 0 Å². The fraction of sp³-hybridized carbons (Fsp3) is 0.667. The Bertz CT molecular complexity index is 290. The van der Waals surface area contributed by atoms with Gasteiger partial charge in [0.2, 0.25) is 0 Å². The van der Waals surface area contributed by atoms with Crippen LogP contribution in [0, 0.1) is 0 Å². The predicted octanol–water partition coefficient (Wildman–Crippen LogP) is 3.51. The number of anilines is 1. The Morgan fingerprint density at radius 3 is 2.37 bits per heavy atom. The Kier molecular flexibility index (Phi) is 15.6. The SMILES string of the molecule is CC.CC.CNc1cc(OCCCN(C)C)ccn1. The Balaban J connectivity index is 0. The van der Waals surface area contributed by atoms with Crippen LogP contribution >= 0.6 is 0 Å². The smallest absolute Gasteiger partial charge is 0.129 e. The molecule has 0 unspecified atom stereocenters. The molecular formula is C15H31N3O. The summed E-state index contributed by atoms with van der Waals surface area (Å²) in [4.78, 5) is 6.26. The first-order chi connectivity index (χ1) is 9.22. The van der Waals surface area contributed by atoms with Crippen molar-refractivity contribution in [2.24, 2.45) is 0 Å². The highest BCUT2D eigenvalue weighted by atomic mass is 16.5. The van der Waals surface area contributed by atoms with Crippen molar-refractivity contribution < 1.29 is 4.74 Å². The van der Waals surface area contributed by atoms with Gasteiger partial charge in [0.05, 0.1) is 6.61 Å². The quantitative estimate of drug-likeness (QED) is 0.802. The summed E-state index contributed by atoms with van der Waals surface area (Å²) >= 11 is 0. The fourth-order valence-corrected chi connectivity index (χ4v) is 1.21. The van der Waals surface area contributed by atoms with Crippen LogP contribution in [-0.4, -0.2) is 44.2 Å². The van der Waals surface area contributed by atoms with Gasteiger partial charge in [0.1, 0.15) is 11.6 Å².